The van der Waals surface area contributed by atoms with E-state index >= 15 is 0 Å². The molecule has 0 aliphatic carbocycles. The van der Waals surface area contributed by atoms with E-state index in [-0.39, 0.29) is 23.6 Å². The molecular formula is C20H17ClN6O4. The van der Waals surface area contributed by atoms with Crippen molar-refractivity contribution >= 4 is 23.6 Å². The maximum atomic E-state index is 12.2. The fourth-order valence-corrected chi connectivity index (χ4v) is 2.98. The first-order valence-electron chi connectivity index (χ1n) is 8.88. The third-order valence-electron chi connectivity index (χ3n) is 4.21. The molecule has 10 nitrogen and oxygen atoms in total. The molecule has 3 N–H and O–H groups in total. The number of aromatic amines is 1. The van der Waals surface area contributed by atoms with Crippen molar-refractivity contribution < 1.29 is 9.84 Å². The van der Waals surface area contributed by atoms with Gasteiger partial charge in [0, 0.05) is 23.4 Å². The first kappa shape index (κ1) is 21.8. The van der Waals surface area contributed by atoms with Crippen molar-refractivity contribution in [1.82, 2.24) is 14.5 Å². The van der Waals surface area contributed by atoms with Gasteiger partial charge in [0.2, 0.25) is 5.88 Å². The molecule has 0 amide bonds. The van der Waals surface area contributed by atoms with Crippen LogP contribution in [0.2, 0.25) is 5.02 Å². The number of anilines is 1. The average Bonchev–Trinajstić information content (AvgIpc) is 2.72. The fourth-order valence-electron chi connectivity index (χ4n) is 2.86. The highest BCUT2D eigenvalue weighted by Gasteiger charge is 2.15. The second-order valence-electron chi connectivity index (χ2n) is 6.37. The number of nitrogens with one attached hydrogen (secondary N) is 2. The normalized spacial score (nSPS) is 10.9. The summed E-state index contributed by atoms with van der Waals surface area (Å²) in [7, 11) is 1.51. The zero-order valence-electron chi connectivity index (χ0n) is 16.5. The minimum Gasteiger partial charge on any atom is -0.493 e. The van der Waals surface area contributed by atoms with Crippen LogP contribution >= 0.6 is 11.6 Å². The van der Waals surface area contributed by atoms with E-state index in [9.17, 15) is 20.0 Å². The van der Waals surface area contributed by atoms with Crippen molar-refractivity contribution in [2.75, 3.05) is 12.5 Å². The van der Waals surface area contributed by atoms with E-state index in [1.807, 2.05) is 6.07 Å². The van der Waals surface area contributed by atoms with Crippen LogP contribution in [0.3, 0.4) is 0 Å². The number of aromatic hydroxyl groups is 1. The molecule has 0 aliphatic heterocycles. The maximum absolute atomic E-state index is 12.2. The average molecular weight is 441 g/mol. The van der Waals surface area contributed by atoms with Gasteiger partial charge in [0.15, 0.2) is 5.82 Å². The Hall–Kier alpha value is -3.94. The zero-order chi connectivity index (χ0) is 22.5. The number of rotatable bonds is 6. The Labute approximate surface area is 181 Å². The summed E-state index contributed by atoms with van der Waals surface area (Å²) < 4.78 is 6.00. The summed E-state index contributed by atoms with van der Waals surface area (Å²) in [6.45, 7) is 1.95. The molecule has 11 heteroatoms. The molecule has 0 saturated heterocycles. The number of hydrazone groups is 1. The van der Waals surface area contributed by atoms with Crippen molar-refractivity contribution in [3.63, 3.8) is 0 Å². The van der Waals surface area contributed by atoms with E-state index in [1.54, 1.807) is 13.0 Å². The van der Waals surface area contributed by atoms with Crippen molar-refractivity contribution in [2.45, 2.75) is 13.5 Å². The Morgan fingerprint density at radius 1 is 1.39 bits per heavy atom. The number of H-pyrrole nitrogens is 1. The molecule has 0 atom stereocenters. The summed E-state index contributed by atoms with van der Waals surface area (Å²) in [6.07, 6.45) is 1.03. The third kappa shape index (κ3) is 4.63. The van der Waals surface area contributed by atoms with Crippen molar-refractivity contribution in [2.24, 2.45) is 5.10 Å². The highest BCUT2D eigenvalue weighted by Crippen LogP contribution is 2.20. The quantitative estimate of drug-likeness (QED) is 0.392. The van der Waals surface area contributed by atoms with Crippen LogP contribution in [-0.4, -0.2) is 33.0 Å². The molecule has 0 bridgehead atoms. The number of aryl methyl sites for hydroxylation is 1. The molecule has 3 aromatic rings. The first-order chi connectivity index (χ1) is 14.8. The van der Waals surface area contributed by atoms with Gasteiger partial charge in [-0.05, 0) is 37.3 Å². The number of ether oxygens (including phenoxy) is 1. The molecule has 3 rings (SSSR count). The summed E-state index contributed by atoms with van der Waals surface area (Å²) >= 11 is 5.85. The highest BCUT2D eigenvalue weighted by atomic mass is 35.5. The molecule has 0 aliphatic rings. The Bertz CT molecular complexity index is 1310. The van der Waals surface area contributed by atoms with Crippen LogP contribution in [-0.2, 0) is 11.3 Å². The van der Waals surface area contributed by atoms with Crippen LogP contribution in [0.5, 0.6) is 5.88 Å². The molecule has 0 unspecified atom stereocenters. The van der Waals surface area contributed by atoms with Crippen molar-refractivity contribution in [3.8, 4) is 17.6 Å². The van der Waals surface area contributed by atoms with Crippen LogP contribution < -0.4 is 16.7 Å². The highest BCUT2D eigenvalue weighted by molar-refractivity contribution is 6.30. The molecule has 0 saturated carbocycles. The van der Waals surface area contributed by atoms with E-state index < -0.39 is 17.1 Å². The predicted octanol–water partition coefficient (Wildman–Crippen LogP) is 2.05. The Kier molecular flexibility index (Phi) is 6.49. The monoisotopic (exact) mass is 440 g/mol. The smallest absolute Gasteiger partial charge is 0.335 e. The summed E-state index contributed by atoms with van der Waals surface area (Å²) in [5.74, 6) is -0.452. The number of methoxy groups -OCH3 is 1. The zero-order valence-corrected chi connectivity index (χ0v) is 17.3. The van der Waals surface area contributed by atoms with Crippen LogP contribution in [0.1, 0.15) is 22.4 Å². The fraction of sp³-hybridized carbons (Fsp3) is 0.150. The van der Waals surface area contributed by atoms with Crippen LogP contribution in [0.25, 0.3) is 5.69 Å². The lowest BCUT2D eigenvalue weighted by Crippen LogP contribution is -2.31. The van der Waals surface area contributed by atoms with Gasteiger partial charge in [0.05, 0.1) is 18.5 Å². The topological polar surface area (TPSA) is 145 Å². The predicted molar refractivity (Wildman–Crippen MR) is 115 cm³/mol. The first-order valence-corrected chi connectivity index (χ1v) is 9.26. The van der Waals surface area contributed by atoms with Crippen molar-refractivity contribution in [1.29, 1.82) is 5.26 Å². The van der Waals surface area contributed by atoms with Gasteiger partial charge >= 0.3 is 5.69 Å². The molecular weight excluding hydrogens is 424 g/mol. The lowest BCUT2D eigenvalue weighted by Gasteiger charge is -2.10. The maximum Gasteiger partial charge on any atom is 0.335 e. The number of nitriles is 1. The van der Waals surface area contributed by atoms with Gasteiger partial charge in [-0.15, -0.1) is 0 Å². The summed E-state index contributed by atoms with van der Waals surface area (Å²) in [5, 5.41) is 24.3. The standard InChI is InChI=1S/C20H17ClN6O4/c1-11-7-12(10-31-2)15(8-22)17(24-11)26-23-9-16-18(28)25-20(30)27(19(16)29)14-5-3-13(21)4-6-14/h3-7,9,29H,10H2,1-2H3,(H,24,26)(H,25,28,30). The summed E-state index contributed by atoms with van der Waals surface area (Å²) in [5.41, 5.74) is 2.43. The minimum atomic E-state index is -0.837. The summed E-state index contributed by atoms with van der Waals surface area (Å²) in [4.78, 5) is 30.8. The molecule has 0 fully saturated rings. The van der Waals surface area contributed by atoms with Crippen LogP contribution in [0.15, 0.2) is 45.0 Å². The number of halogens is 1. The Morgan fingerprint density at radius 2 is 2.10 bits per heavy atom. The number of benzene rings is 1. The van der Waals surface area contributed by atoms with E-state index in [0.717, 1.165) is 10.8 Å². The second-order valence-corrected chi connectivity index (χ2v) is 6.81. The molecule has 0 spiro atoms. The van der Waals surface area contributed by atoms with E-state index in [2.05, 4.69) is 20.5 Å². The van der Waals surface area contributed by atoms with Gasteiger partial charge in [-0.3, -0.25) is 15.2 Å². The van der Waals surface area contributed by atoms with Gasteiger partial charge in [0.1, 0.15) is 17.2 Å². The Morgan fingerprint density at radius 3 is 2.74 bits per heavy atom. The van der Waals surface area contributed by atoms with Crippen LogP contribution in [0, 0.1) is 18.3 Å². The van der Waals surface area contributed by atoms with Gasteiger partial charge in [-0.25, -0.2) is 14.3 Å². The SMILES string of the molecule is COCc1cc(C)nc(NN=Cc2c(O)n(-c3ccc(Cl)cc3)c(=O)[nH]c2=O)c1C#N. The van der Waals surface area contributed by atoms with E-state index in [4.69, 9.17) is 16.3 Å². The van der Waals surface area contributed by atoms with Gasteiger partial charge in [-0.1, -0.05) is 11.6 Å². The molecule has 2 heterocycles. The van der Waals surface area contributed by atoms with Gasteiger partial charge in [-0.2, -0.15) is 10.4 Å². The van der Waals surface area contributed by atoms with Gasteiger partial charge < -0.3 is 9.84 Å². The number of pyridine rings is 1. The number of hydrogen-bond acceptors (Lipinski definition) is 8. The lowest BCUT2D eigenvalue weighted by atomic mass is 10.1. The second kappa shape index (κ2) is 9.25. The van der Waals surface area contributed by atoms with Crippen LogP contribution in [0.4, 0.5) is 5.82 Å². The molecule has 158 valence electrons. The number of nitrogens with zero attached hydrogens (tertiary/aromatic N) is 4. The minimum absolute atomic E-state index is 0.160. The molecule has 1 aromatic carbocycles. The van der Waals surface area contributed by atoms with Gasteiger partial charge in [0.25, 0.3) is 5.56 Å². The van der Waals surface area contributed by atoms with E-state index in [1.165, 1.54) is 31.4 Å². The molecule has 31 heavy (non-hydrogen) atoms. The van der Waals surface area contributed by atoms with E-state index in [0.29, 0.717) is 22.0 Å². The molecule has 0 radical (unpaired) electrons. The number of hydrogen-bond donors (Lipinski definition) is 3. The third-order valence-corrected chi connectivity index (χ3v) is 4.46. The Balaban J connectivity index is 2.00. The largest absolute Gasteiger partial charge is 0.493 e. The summed E-state index contributed by atoms with van der Waals surface area (Å²) in [6, 6.07) is 9.84. The lowest BCUT2D eigenvalue weighted by molar-refractivity contribution is 0.184. The van der Waals surface area contributed by atoms with Crippen molar-refractivity contribution in [3.05, 3.63) is 78.6 Å². The molecule has 2 aromatic heterocycles. The number of aromatic nitrogens is 3.